The Bertz CT molecular complexity index is 1130. The van der Waals surface area contributed by atoms with Gasteiger partial charge in [-0.05, 0) is 43.9 Å². The standard InChI is InChI=1S/C24H32N4O3SSi/c1-33(2,3)10-9-30-15-28-22(13-19(27-28)16-7-8-16)26-24(29)17-11-18(12-17)31-20-5-4-6-21-23(20)25-14-32-21/h4-6,13-14,16-18H,7-12,15H2,1-3H3,(H,26,29)/t17-,18-. The Labute approximate surface area is 199 Å². The molecule has 2 saturated carbocycles. The molecule has 176 valence electrons. The third kappa shape index (κ3) is 5.47. The number of benzene rings is 1. The lowest BCUT2D eigenvalue weighted by molar-refractivity contribution is -0.125. The fraction of sp³-hybridized carbons (Fsp3) is 0.542. The first-order valence-electron chi connectivity index (χ1n) is 11.8. The van der Waals surface area contributed by atoms with Gasteiger partial charge in [0.2, 0.25) is 5.91 Å². The fourth-order valence-corrected chi connectivity index (χ4v) is 5.43. The van der Waals surface area contributed by atoms with Crippen molar-refractivity contribution >= 4 is 41.4 Å². The maximum absolute atomic E-state index is 12.9. The number of carbonyl (C=O) groups is 1. The number of ether oxygens (including phenoxy) is 2. The van der Waals surface area contributed by atoms with Crippen molar-refractivity contribution in [3.05, 3.63) is 35.5 Å². The number of hydrogen-bond acceptors (Lipinski definition) is 6. The van der Waals surface area contributed by atoms with Crippen LogP contribution in [0.3, 0.4) is 0 Å². The number of fused-ring (bicyclic) bond motifs is 1. The molecule has 7 nitrogen and oxygen atoms in total. The zero-order valence-corrected chi connectivity index (χ0v) is 21.4. The van der Waals surface area contributed by atoms with Crippen molar-refractivity contribution in [3.63, 3.8) is 0 Å². The van der Waals surface area contributed by atoms with Gasteiger partial charge in [-0.25, -0.2) is 9.67 Å². The first kappa shape index (κ1) is 22.6. The third-order valence-electron chi connectivity index (χ3n) is 6.34. The van der Waals surface area contributed by atoms with Crippen LogP contribution >= 0.6 is 11.3 Å². The van der Waals surface area contributed by atoms with Crippen LogP contribution < -0.4 is 10.1 Å². The molecule has 0 saturated heterocycles. The predicted octanol–water partition coefficient (Wildman–Crippen LogP) is 5.48. The SMILES string of the molecule is C[Si](C)(C)CCOCn1nc(C2CC2)cc1NC(=O)[C@H]1C[C@H](Oc2cccc3scnc23)C1. The molecule has 2 aliphatic rings. The second-order valence-corrected chi connectivity index (χ2v) is 16.9. The Morgan fingerprint density at radius 3 is 2.85 bits per heavy atom. The van der Waals surface area contributed by atoms with Crippen LogP contribution in [-0.2, 0) is 16.3 Å². The predicted molar refractivity (Wildman–Crippen MR) is 134 cm³/mol. The van der Waals surface area contributed by atoms with Crippen LogP contribution in [0.4, 0.5) is 5.82 Å². The molecule has 3 aromatic rings. The van der Waals surface area contributed by atoms with Gasteiger partial charge in [-0.3, -0.25) is 4.79 Å². The molecule has 33 heavy (non-hydrogen) atoms. The summed E-state index contributed by atoms with van der Waals surface area (Å²) >= 11 is 1.61. The van der Waals surface area contributed by atoms with Gasteiger partial charge in [-0.15, -0.1) is 11.3 Å². The second kappa shape index (κ2) is 9.19. The summed E-state index contributed by atoms with van der Waals surface area (Å²) in [6, 6.07) is 9.12. The van der Waals surface area contributed by atoms with Gasteiger partial charge in [0.05, 0.1) is 15.9 Å². The van der Waals surface area contributed by atoms with Gasteiger partial charge in [0.25, 0.3) is 0 Å². The van der Waals surface area contributed by atoms with E-state index in [1.165, 1.54) is 12.8 Å². The molecule has 1 aromatic carbocycles. The number of para-hydroxylation sites is 1. The van der Waals surface area contributed by atoms with Crippen LogP contribution in [0.2, 0.25) is 25.7 Å². The summed E-state index contributed by atoms with van der Waals surface area (Å²) in [5.74, 6) is 2.06. The summed E-state index contributed by atoms with van der Waals surface area (Å²) < 4.78 is 15.0. The average molecular weight is 485 g/mol. The van der Waals surface area contributed by atoms with Crippen molar-refractivity contribution in [1.82, 2.24) is 14.8 Å². The minimum absolute atomic E-state index is 0.0345. The normalized spacial score (nSPS) is 20.6. The molecule has 2 heterocycles. The van der Waals surface area contributed by atoms with Crippen LogP contribution in [0, 0.1) is 5.92 Å². The average Bonchev–Trinajstić information content (AvgIpc) is 3.33. The lowest BCUT2D eigenvalue weighted by Gasteiger charge is -2.34. The number of nitrogens with zero attached hydrogens (tertiary/aromatic N) is 3. The smallest absolute Gasteiger partial charge is 0.228 e. The van der Waals surface area contributed by atoms with Gasteiger partial charge >= 0.3 is 0 Å². The van der Waals surface area contributed by atoms with Crippen molar-refractivity contribution in [3.8, 4) is 5.75 Å². The molecule has 0 spiro atoms. The molecule has 2 fully saturated rings. The number of amides is 1. The Hall–Kier alpha value is -2.23. The highest BCUT2D eigenvalue weighted by Gasteiger charge is 2.37. The maximum atomic E-state index is 12.9. The Morgan fingerprint density at radius 1 is 1.27 bits per heavy atom. The van der Waals surface area contributed by atoms with Gasteiger partial charge < -0.3 is 14.8 Å². The number of nitrogens with one attached hydrogen (secondary N) is 1. The summed E-state index contributed by atoms with van der Waals surface area (Å²) in [6.45, 7) is 8.13. The van der Waals surface area contributed by atoms with Crippen LogP contribution in [0.25, 0.3) is 10.2 Å². The number of rotatable bonds is 10. The van der Waals surface area contributed by atoms with E-state index in [1.54, 1.807) is 11.3 Å². The highest BCUT2D eigenvalue weighted by molar-refractivity contribution is 7.16. The molecular formula is C24H32N4O3SSi. The topological polar surface area (TPSA) is 78.3 Å². The lowest BCUT2D eigenvalue weighted by Crippen LogP contribution is -2.41. The first-order chi connectivity index (χ1) is 15.9. The van der Waals surface area contributed by atoms with E-state index in [0.717, 1.165) is 40.1 Å². The van der Waals surface area contributed by atoms with E-state index in [1.807, 2.05) is 34.5 Å². The van der Waals surface area contributed by atoms with E-state index in [2.05, 4.69) is 29.9 Å². The molecule has 0 aliphatic heterocycles. The Kier molecular flexibility index (Phi) is 6.28. The number of carbonyl (C=O) groups excluding carboxylic acids is 1. The first-order valence-corrected chi connectivity index (χ1v) is 16.4. The highest BCUT2D eigenvalue weighted by Crippen LogP contribution is 2.40. The van der Waals surface area contributed by atoms with Crippen molar-refractivity contribution in [2.24, 2.45) is 5.92 Å². The van der Waals surface area contributed by atoms with Crippen LogP contribution in [0.1, 0.15) is 37.3 Å². The summed E-state index contributed by atoms with van der Waals surface area (Å²) in [7, 11) is -1.14. The van der Waals surface area contributed by atoms with E-state index < -0.39 is 8.07 Å². The number of aromatic nitrogens is 3. The molecule has 1 amide bonds. The van der Waals surface area contributed by atoms with E-state index in [4.69, 9.17) is 14.6 Å². The van der Waals surface area contributed by atoms with Crippen LogP contribution in [-0.4, -0.2) is 41.5 Å². The second-order valence-electron chi connectivity index (χ2n) is 10.4. The van der Waals surface area contributed by atoms with E-state index in [9.17, 15) is 4.79 Å². The molecule has 0 radical (unpaired) electrons. The monoisotopic (exact) mass is 484 g/mol. The van der Waals surface area contributed by atoms with Gasteiger partial charge in [0, 0.05) is 32.6 Å². The largest absolute Gasteiger partial charge is 0.488 e. The molecule has 0 atom stereocenters. The molecule has 2 aliphatic carbocycles. The van der Waals surface area contributed by atoms with Gasteiger partial charge in [-0.2, -0.15) is 5.10 Å². The third-order valence-corrected chi connectivity index (χ3v) is 8.84. The minimum atomic E-state index is -1.14. The summed E-state index contributed by atoms with van der Waals surface area (Å²) in [6.07, 6.45) is 3.82. The van der Waals surface area contributed by atoms with Gasteiger partial charge in [-0.1, -0.05) is 25.7 Å². The number of hydrogen-bond donors (Lipinski definition) is 1. The number of thiazole rings is 1. The van der Waals surface area contributed by atoms with E-state index in [0.29, 0.717) is 25.5 Å². The van der Waals surface area contributed by atoms with Crippen molar-refractivity contribution < 1.29 is 14.3 Å². The summed E-state index contributed by atoms with van der Waals surface area (Å²) in [4.78, 5) is 17.3. The Morgan fingerprint density at radius 2 is 2.09 bits per heavy atom. The fourth-order valence-electron chi connectivity index (χ4n) is 3.98. The quantitative estimate of drug-likeness (QED) is 0.305. The van der Waals surface area contributed by atoms with Crippen LogP contribution in [0.5, 0.6) is 5.75 Å². The summed E-state index contributed by atoms with van der Waals surface area (Å²) in [5, 5.41) is 7.82. The van der Waals surface area contributed by atoms with Crippen LogP contribution in [0.15, 0.2) is 29.8 Å². The highest BCUT2D eigenvalue weighted by atomic mass is 32.1. The Balaban J connectivity index is 1.16. The molecule has 5 rings (SSSR count). The summed E-state index contributed by atoms with van der Waals surface area (Å²) in [5.41, 5.74) is 3.80. The van der Waals surface area contributed by atoms with Gasteiger partial charge in [0.1, 0.15) is 29.9 Å². The van der Waals surface area contributed by atoms with Gasteiger partial charge in [0.15, 0.2) is 0 Å². The minimum Gasteiger partial charge on any atom is -0.488 e. The maximum Gasteiger partial charge on any atom is 0.228 e. The van der Waals surface area contributed by atoms with E-state index >= 15 is 0 Å². The molecular weight excluding hydrogens is 452 g/mol. The molecule has 0 unspecified atom stereocenters. The lowest BCUT2D eigenvalue weighted by atomic mass is 9.81. The van der Waals surface area contributed by atoms with Crippen molar-refractivity contribution in [2.75, 3.05) is 11.9 Å². The zero-order valence-electron chi connectivity index (χ0n) is 19.5. The molecule has 0 bridgehead atoms. The van der Waals surface area contributed by atoms with E-state index in [-0.39, 0.29) is 17.9 Å². The zero-order chi connectivity index (χ0) is 23.0. The molecule has 1 N–H and O–H groups in total. The van der Waals surface area contributed by atoms with Crippen molar-refractivity contribution in [1.29, 1.82) is 0 Å². The number of anilines is 1. The molecule has 2 aromatic heterocycles. The van der Waals surface area contributed by atoms with Crippen molar-refractivity contribution in [2.45, 2.75) is 70.1 Å². The molecule has 9 heteroatoms.